The van der Waals surface area contributed by atoms with Crippen LogP contribution < -0.4 is 9.47 Å². The van der Waals surface area contributed by atoms with Crippen molar-refractivity contribution in [2.45, 2.75) is 117 Å². The summed E-state index contributed by atoms with van der Waals surface area (Å²) in [5.41, 5.74) is 2.26. The van der Waals surface area contributed by atoms with Crippen LogP contribution in [0.4, 0.5) is 0 Å². The standard InChI is InChI=1S/C34H50Br2O2/c1-3-5-7-9-11-13-15-17-25-37-33-27-29(21-23-31(33)35)19-20-30-22-24-32(36)34(28-30)38-26-18-16-14-12-10-8-6-4-2/h19-24,27-28H,3-18,25-26H2,1-2H3. The van der Waals surface area contributed by atoms with Gasteiger partial charge in [0.25, 0.3) is 0 Å². The molecular weight excluding hydrogens is 600 g/mol. The fraction of sp³-hybridized carbons (Fsp3) is 0.588. The number of ether oxygens (including phenoxy) is 2. The zero-order chi connectivity index (χ0) is 27.3. The Hall–Kier alpha value is -1.26. The first kappa shape index (κ1) is 32.9. The molecule has 0 saturated heterocycles. The van der Waals surface area contributed by atoms with Gasteiger partial charge in [0.2, 0.25) is 0 Å². The molecule has 0 fully saturated rings. The van der Waals surface area contributed by atoms with Crippen LogP contribution in [0, 0.1) is 0 Å². The third-order valence-electron chi connectivity index (χ3n) is 6.89. The van der Waals surface area contributed by atoms with Crippen LogP contribution in [0.3, 0.4) is 0 Å². The minimum absolute atomic E-state index is 0.771. The predicted molar refractivity (Wildman–Crippen MR) is 173 cm³/mol. The summed E-state index contributed by atoms with van der Waals surface area (Å²) in [5, 5.41) is 0. The van der Waals surface area contributed by atoms with Crippen LogP contribution in [0.2, 0.25) is 0 Å². The van der Waals surface area contributed by atoms with Crippen molar-refractivity contribution in [1.82, 2.24) is 0 Å². The molecule has 0 bridgehead atoms. The molecule has 0 unspecified atom stereocenters. The minimum atomic E-state index is 0.771. The van der Waals surface area contributed by atoms with Crippen molar-refractivity contribution in [3.63, 3.8) is 0 Å². The van der Waals surface area contributed by atoms with E-state index >= 15 is 0 Å². The second-order valence-electron chi connectivity index (χ2n) is 10.4. The van der Waals surface area contributed by atoms with Crippen LogP contribution in [0.1, 0.15) is 128 Å². The van der Waals surface area contributed by atoms with E-state index in [2.05, 4.69) is 94.3 Å². The molecule has 2 rings (SSSR count). The average Bonchev–Trinajstić information content (AvgIpc) is 2.92. The zero-order valence-electron chi connectivity index (χ0n) is 23.9. The maximum absolute atomic E-state index is 6.10. The summed E-state index contributed by atoms with van der Waals surface area (Å²) in [7, 11) is 0. The summed E-state index contributed by atoms with van der Waals surface area (Å²) in [5.74, 6) is 1.83. The van der Waals surface area contributed by atoms with Gasteiger partial charge in [-0.1, -0.05) is 128 Å². The lowest BCUT2D eigenvalue weighted by Gasteiger charge is -2.10. The van der Waals surface area contributed by atoms with Crippen molar-refractivity contribution in [2.75, 3.05) is 13.2 Å². The van der Waals surface area contributed by atoms with Gasteiger partial charge in [-0.05, 0) is 80.1 Å². The molecule has 0 saturated carbocycles. The lowest BCUT2D eigenvalue weighted by Crippen LogP contribution is -1.98. The molecule has 0 aliphatic carbocycles. The smallest absolute Gasteiger partial charge is 0.134 e. The van der Waals surface area contributed by atoms with Crippen LogP contribution in [0.5, 0.6) is 11.5 Å². The quantitative estimate of drug-likeness (QED) is 0.0933. The second kappa shape index (κ2) is 21.5. The van der Waals surface area contributed by atoms with Gasteiger partial charge in [-0.3, -0.25) is 0 Å². The van der Waals surface area contributed by atoms with E-state index in [1.807, 2.05) is 0 Å². The van der Waals surface area contributed by atoms with Crippen LogP contribution in [-0.2, 0) is 0 Å². The molecule has 0 aromatic heterocycles. The predicted octanol–water partition coefficient (Wildman–Crippen LogP) is 12.4. The van der Waals surface area contributed by atoms with Gasteiger partial charge in [-0.15, -0.1) is 0 Å². The van der Waals surface area contributed by atoms with E-state index in [-0.39, 0.29) is 0 Å². The van der Waals surface area contributed by atoms with Gasteiger partial charge in [-0.25, -0.2) is 0 Å². The first-order valence-corrected chi connectivity index (χ1v) is 16.8. The minimum Gasteiger partial charge on any atom is -0.492 e. The summed E-state index contributed by atoms with van der Waals surface area (Å²) >= 11 is 7.29. The molecule has 2 aromatic rings. The topological polar surface area (TPSA) is 18.5 Å². The van der Waals surface area contributed by atoms with Crippen LogP contribution >= 0.6 is 31.9 Å². The summed E-state index contributed by atoms with van der Waals surface area (Å²) in [6.07, 6.45) is 25.2. The molecule has 0 aliphatic rings. The largest absolute Gasteiger partial charge is 0.492 e. The number of hydrogen-bond donors (Lipinski definition) is 0. The monoisotopic (exact) mass is 648 g/mol. The van der Waals surface area contributed by atoms with E-state index in [4.69, 9.17) is 9.47 Å². The second-order valence-corrected chi connectivity index (χ2v) is 12.1. The first-order valence-electron chi connectivity index (χ1n) is 15.2. The molecule has 4 heteroatoms. The molecule has 2 aromatic carbocycles. The summed E-state index contributed by atoms with van der Waals surface area (Å²) in [6, 6.07) is 12.6. The zero-order valence-corrected chi connectivity index (χ0v) is 27.1. The van der Waals surface area contributed by atoms with E-state index < -0.39 is 0 Å². The number of benzene rings is 2. The lowest BCUT2D eigenvalue weighted by molar-refractivity contribution is 0.302. The van der Waals surface area contributed by atoms with E-state index in [9.17, 15) is 0 Å². The molecule has 212 valence electrons. The number of hydrogen-bond acceptors (Lipinski definition) is 2. The fourth-order valence-corrected chi connectivity index (χ4v) is 5.22. The van der Waals surface area contributed by atoms with Gasteiger partial charge in [-0.2, -0.15) is 0 Å². The summed E-state index contributed by atoms with van der Waals surface area (Å²) in [4.78, 5) is 0. The number of halogens is 2. The molecule has 0 amide bonds. The third-order valence-corrected chi connectivity index (χ3v) is 8.20. The molecule has 2 nitrogen and oxygen atoms in total. The molecule has 0 atom stereocenters. The Bertz CT molecular complexity index is 836. The van der Waals surface area contributed by atoms with E-state index in [1.165, 1.54) is 89.9 Å². The number of unbranched alkanes of at least 4 members (excludes halogenated alkanes) is 14. The molecule has 0 aliphatic heterocycles. The van der Waals surface area contributed by atoms with Gasteiger partial charge in [0.1, 0.15) is 11.5 Å². The lowest BCUT2D eigenvalue weighted by atomic mass is 10.1. The number of rotatable bonds is 22. The highest BCUT2D eigenvalue weighted by molar-refractivity contribution is 9.10. The maximum Gasteiger partial charge on any atom is 0.134 e. The van der Waals surface area contributed by atoms with Crippen molar-refractivity contribution in [2.24, 2.45) is 0 Å². The normalized spacial score (nSPS) is 11.4. The molecular formula is C34H50Br2O2. The van der Waals surface area contributed by atoms with E-state index in [1.54, 1.807) is 0 Å². The molecule has 0 heterocycles. The Labute approximate surface area is 250 Å². The van der Waals surface area contributed by atoms with Crippen molar-refractivity contribution < 1.29 is 9.47 Å². The Morgan fingerprint density at radius 3 is 1.21 bits per heavy atom. The maximum atomic E-state index is 6.10. The van der Waals surface area contributed by atoms with Gasteiger partial charge >= 0.3 is 0 Å². The highest BCUT2D eigenvalue weighted by atomic mass is 79.9. The van der Waals surface area contributed by atoms with Crippen LogP contribution in [0.25, 0.3) is 12.2 Å². The van der Waals surface area contributed by atoms with E-state index in [0.29, 0.717) is 0 Å². The Morgan fingerprint density at radius 2 is 0.842 bits per heavy atom. The fourth-order valence-electron chi connectivity index (χ4n) is 4.50. The van der Waals surface area contributed by atoms with Gasteiger partial charge in [0, 0.05) is 0 Å². The SMILES string of the molecule is CCCCCCCCCCOc1cc(C=Cc2ccc(Br)c(OCCCCCCCCCC)c2)ccc1Br. The van der Waals surface area contributed by atoms with Crippen molar-refractivity contribution in [1.29, 1.82) is 0 Å². The van der Waals surface area contributed by atoms with Crippen LogP contribution in [-0.4, -0.2) is 13.2 Å². The molecule has 0 spiro atoms. The van der Waals surface area contributed by atoms with Crippen LogP contribution in [0.15, 0.2) is 45.3 Å². The third kappa shape index (κ3) is 14.8. The molecule has 0 radical (unpaired) electrons. The van der Waals surface area contributed by atoms with E-state index in [0.717, 1.165) is 57.6 Å². The summed E-state index contributed by atoms with van der Waals surface area (Å²) < 4.78 is 14.2. The van der Waals surface area contributed by atoms with Crippen molar-refractivity contribution >= 4 is 44.0 Å². The van der Waals surface area contributed by atoms with Gasteiger partial charge < -0.3 is 9.47 Å². The Kier molecular flexibility index (Phi) is 18.7. The first-order chi connectivity index (χ1) is 18.6. The Balaban J connectivity index is 1.75. The highest BCUT2D eigenvalue weighted by Crippen LogP contribution is 2.29. The van der Waals surface area contributed by atoms with Crippen molar-refractivity contribution in [3.8, 4) is 11.5 Å². The molecule has 38 heavy (non-hydrogen) atoms. The highest BCUT2D eigenvalue weighted by Gasteiger charge is 2.04. The van der Waals surface area contributed by atoms with Crippen molar-refractivity contribution in [3.05, 3.63) is 56.5 Å². The average molecular weight is 651 g/mol. The molecule has 0 N–H and O–H groups in total. The summed E-state index contributed by atoms with van der Waals surface area (Å²) in [6.45, 7) is 6.08. The van der Waals surface area contributed by atoms with Gasteiger partial charge in [0.15, 0.2) is 0 Å². The Morgan fingerprint density at radius 1 is 0.500 bits per heavy atom. The van der Waals surface area contributed by atoms with Gasteiger partial charge in [0.05, 0.1) is 22.2 Å².